The number of H-pyrrole nitrogens is 1. The minimum absolute atomic E-state index is 0.0366. The average molecular weight is 693 g/mol. The van der Waals surface area contributed by atoms with Gasteiger partial charge in [-0.1, -0.05) is 54.0 Å². The van der Waals surface area contributed by atoms with Crippen molar-refractivity contribution in [2.45, 2.75) is 56.1 Å². The lowest BCUT2D eigenvalue weighted by atomic mass is 9.93. The Hall–Kier alpha value is -4.33. The molecule has 5 aromatic rings. The summed E-state index contributed by atoms with van der Waals surface area (Å²) in [5.74, 6) is 0.817. The molecule has 2 aromatic heterocycles. The lowest BCUT2D eigenvalue weighted by Gasteiger charge is -2.24. The van der Waals surface area contributed by atoms with E-state index < -0.39 is 9.84 Å². The van der Waals surface area contributed by atoms with Crippen LogP contribution in [0.3, 0.4) is 0 Å². The second kappa shape index (κ2) is 15.1. The highest BCUT2D eigenvalue weighted by Gasteiger charge is 2.29. The van der Waals surface area contributed by atoms with Crippen LogP contribution in [0.5, 0.6) is 10.9 Å². The van der Waals surface area contributed by atoms with Gasteiger partial charge < -0.3 is 14.8 Å². The Morgan fingerprint density at radius 2 is 1.91 bits per heavy atom. The van der Waals surface area contributed by atoms with Gasteiger partial charge in [0.15, 0.2) is 15.7 Å². The van der Waals surface area contributed by atoms with Crippen molar-refractivity contribution >= 4 is 44.4 Å². The van der Waals surface area contributed by atoms with Gasteiger partial charge in [0.1, 0.15) is 18.5 Å². The van der Waals surface area contributed by atoms with Gasteiger partial charge in [-0.25, -0.2) is 18.5 Å². The molecule has 0 aliphatic heterocycles. The number of benzene rings is 3. The second-order valence-corrected chi connectivity index (χ2v) is 14.7. The molecule has 0 saturated heterocycles. The fourth-order valence-electron chi connectivity index (χ4n) is 5.69. The van der Waals surface area contributed by atoms with E-state index in [1.165, 1.54) is 23.5 Å². The first-order valence-corrected chi connectivity index (χ1v) is 18.2. The number of anilines is 1. The number of nitrogens with one attached hydrogen (secondary N) is 2. The first kappa shape index (κ1) is 32.6. The highest BCUT2D eigenvalue weighted by Crippen LogP contribution is 2.39. The van der Waals surface area contributed by atoms with Crippen molar-refractivity contribution in [3.63, 3.8) is 0 Å². The number of amides is 1. The minimum atomic E-state index is -3.48. The minimum Gasteiger partial charge on any atom is -0.483 e. The van der Waals surface area contributed by atoms with Gasteiger partial charge in [0.05, 0.1) is 16.3 Å². The van der Waals surface area contributed by atoms with Crippen LogP contribution >= 0.6 is 22.9 Å². The molecule has 0 radical (unpaired) electrons. The third-order valence-electron chi connectivity index (χ3n) is 8.04. The van der Waals surface area contributed by atoms with E-state index in [0.29, 0.717) is 51.8 Å². The van der Waals surface area contributed by atoms with Crippen LogP contribution in [0.2, 0.25) is 5.02 Å². The third kappa shape index (κ3) is 8.53. The largest absolute Gasteiger partial charge is 0.483 e. The number of carbonyl (C=O) groups is 1. The maximum absolute atomic E-state index is 13.7. The fraction of sp³-hybridized carbons (Fsp3) is 0.303. The number of tetrazole rings is 1. The van der Waals surface area contributed by atoms with E-state index in [2.05, 4.69) is 30.9 Å². The van der Waals surface area contributed by atoms with Gasteiger partial charge in [-0.2, -0.15) is 0 Å². The van der Waals surface area contributed by atoms with Crippen molar-refractivity contribution in [2.24, 2.45) is 5.92 Å². The van der Waals surface area contributed by atoms with Crippen molar-refractivity contribution in [1.82, 2.24) is 25.6 Å². The number of nitrogens with zero attached hydrogens (tertiary/aromatic N) is 4. The Morgan fingerprint density at radius 1 is 1.09 bits per heavy atom. The fourth-order valence-corrected chi connectivity index (χ4v) is 7.65. The summed E-state index contributed by atoms with van der Waals surface area (Å²) in [4.78, 5) is 18.3. The Morgan fingerprint density at radius 3 is 2.66 bits per heavy atom. The number of ether oxygens (including phenoxy) is 2. The molecule has 1 amide bonds. The van der Waals surface area contributed by atoms with Crippen LogP contribution in [0, 0.1) is 5.92 Å². The molecular formula is C33H33ClN6O5S2. The Labute approximate surface area is 281 Å². The van der Waals surface area contributed by atoms with Crippen LogP contribution in [0.1, 0.15) is 65.5 Å². The molecule has 11 nitrogen and oxygen atoms in total. The van der Waals surface area contributed by atoms with E-state index in [1.54, 1.807) is 36.5 Å². The molecule has 244 valence electrons. The number of carbonyl (C=O) groups excluding carboxylic acids is 1. The van der Waals surface area contributed by atoms with Gasteiger partial charge in [-0.15, -0.1) is 5.10 Å². The summed E-state index contributed by atoms with van der Waals surface area (Å²) in [5, 5.41) is 19.6. The molecule has 1 aliphatic rings. The summed E-state index contributed by atoms with van der Waals surface area (Å²) >= 11 is 7.37. The number of aromatic nitrogens is 5. The highest BCUT2D eigenvalue weighted by molar-refractivity contribution is 7.91. The standard InChI is InChI=1S/C33H33ClN6O5S2/c34-26-11-13-27(14-12-26)47(42,43)18-4-5-22-10-15-29(44-21-30-37-39-40-38-30)28(19-22)36-32(41)25-9-3-8-24(20-25)31(23-6-1-2-7-23)45-33-35-16-17-46-33/h3,8-17,19-20,23,31H,1-2,4-7,18,21H2,(H,36,41)(H,37,38,39,40). The van der Waals surface area contributed by atoms with Gasteiger partial charge in [0.25, 0.3) is 11.1 Å². The molecule has 2 N–H and O–H groups in total. The number of hydrogen-bond acceptors (Lipinski definition) is 10. The number of hydrogen-bond donors (Lipinski definition) is 2. The smallest absolute Gasteiger partial charge is 0.273 e. The van der Waals surface area contributed by atoms with Crippen LogP contribution in [0.25, 0.3) is 0 Å². The van der Waals surface area contributed by atoms with Crippen molar-refractivity contribution in [2.75, 3.05) is 11.1 Å². The molecule has 6 rings (SSSR count). The maximum Gasteiger partial charge on any atom is 0.273 e. The lowest BCUT2D eigenvalue weighted by molar-refractivity contribution is 0.102. The number of thiazole rings is 1. The predicted molar refractivity (Wildman–Crippen MR) is 179 cm³/mol. The van der Waals surface area contributed by atoms with Gasteiger partial charge in [0, 0.05) is 28.1 Å². The third-order valence-corrected chi connectivity index (χ3v) is 10.8. The molecule has 1 atom stereocenters. The number of aryl methyl sites for hydroxylation is 1. The SMILES string of the molecule is O=C(Nc1cc(CCCS(=O)(=O)c2ccc(Cl)cc2)ccc1OCc1nnn[nH]1)c1cccc(C(Oc2nccs2)C2CCCC2)c1. The van der Waals surface area contributed by atoms with Crippen LogP contribution in [0.15, 0.2) is 83.2 Å². The molecule has 1 unspecified atom stereocenters. The van der Waals surface area contributed by atoms with E-state index in [0.717, 1.165) is 36.8 Å². The molecule has 1 saturated carbocycles. The molecule has 2 heterocycles. The van der Waals surface area contributed by atoms with Gasteiger partial charge in [-0.05, 0) is 95.8 Å². The molecule has 0 spiro atoms. The Kier molecular flexibility index (Phi) is 10.4. The zero-order valence-corrected chi connectivity index (χ0v) is 27.7. The first-order valence-electron chi connectivity index (χ1n) is 15.3. The van der Waals surface area contributed by atoms with Crippen molar-refractivity contribution in [3.8, 4) is 10.9 Å². The monoisotopic (exact) mass is 692 g/mol. The number of aromatic amines is 1. The second-order valence-electron chi connectivity index (χ2n) is 11.3. The number of rotatable bonds is 14. The zero-order chi connectivity index (χ0) is 32.6. The van der Waals surface area contributed by atoms with E-state index in [4.69, 9.17) is 21.1 Å². The van der Waals surface area contributed by atoms with Crippen molar-refractivity contribution in [1.29, 1.82) is 0 Å². The quantitative estimate of drug-likeness (QED) is 0.127. The predicted octanol–water partition coefficient (Wildman–Crippen LogP) is 6.86. The Balaban J connectivity index is 1.19. The van der Waals surface area contributed by atoms with E-state index in [1.807, 2.05) is 29.6 Å². The molecule has 0 bridgehead atoms. The molecule has 47 heavy (non-hydrogen) atoms. The van der Waals surface area contributed by atoms with Crippen LogP contribution in [-0.4, -0.2) is 45.7 Å². The van der Waals surface area contributed by atoms with Crippen LogP contribution < -0.4 is 14.8 Å². The van der Waals surface area contributed by atoms with Gasteiger partial charge >= 0.3 is 0 Å². The van der Waals surface area contributed by atoms with Crippen LogP contribution in [-0.2, 0) is 22.9 Å². The number of halogens is 1. The average Bonchev–Trinajstić information content (AvgIpc) is 3.88. The Bertz CT molecular complexity index is 1880. The zero-order valence-electron chi connectivity index (χ0n) is 25.3. The summed E-state index contributed by atoms with van der Waals surface area (Å²) in [6, 6.07) is 19.0. The summed E-state index contributed by atoms with van der Waals surface area (Å²) in [6.45, 7) is 0.0567. The van der Waals surface area contributed by atoms with Crippen LogP contribution in [0.4, 0.5) is 5.69 Å². The summed E-state index contributed by atoms with van der Waals surface area (Å²) < 4.78 is 38.0. The normalized spacial score (nSPS) is 14.1. The lowest BCUT2D eigenvalue weighted by Crippen LogP contribution is -2.18. The van der Waals surface area contributed by atoms with E-state index in [-0.39, 0.29) is 29.3 Å². The maximum atomic E-state index is 13.7. The molecule has 1 fully saturated rings. The molecule has 3 aromatic carbocycles. The van der Waals surface area contributed by atoms with Gasteiger partial charge in [0.2, 0.25) is 0 Å². The molecule has 14 heteroatoms. The summed E-state index contributed by atoms with van der Waals surface area (Å²) in [7, 11) is -3.48. The topological polar surface area (TPSA) is 149 Å². The summed E-state index contributed by atoms with van der Waals surface area (Å²) in [5.41, 5.74) is 2.67. The van der Waals surface area contributed by atoms with Gasteiger partial charge in [-0.3, -0.25) is 4.79 Å². The number of sulfone groups is 1. The van der Waals surface area contributed by atoms with Crippen molar-refractivity contribution < 1.29 is 22.7 Å². The van der Waals surface area contributed by atoms with Crippen molar-refractivity contribution in [3.05, 3.63) is 106 Å². The van der Waals surface area contributed by atoms with E-state index in [9.17, 15) is 13.2 Å². The highest BCUT2D eigenvalue weighted by atomic mass is 35.5. The first-order chi connectivity index (χ1) is 22.8. The molecular weight excluding hydrogens is 660 g/mol. The van der Waals surface area contributed by atoms with E-state index >= 15 is 0 Å². The summed E-state index contributed by atoms with van der Waals surface area (Å²) in [6.07, 6.45) is 6.78. The molecule has 1 aliphatic carbocycles.